The van der Waals surface area contributed by atoms with Gasteiger partial charge in [-0.1, -0.05) is 0 Å². The van der Waals surface area contributed by atoms with E-state index in [1.807, 2.05) is 6.92 Å². The van der Waals surface area contributed by atoms with E-state index in [0.29, 0.717) is 0 Å². The predicted molar refractivity (Wildman–Crippen MR) is 58.3 cm³/mol. The maximum atomic E-state index is 10.8. The Morgan fingerprint density at radius 1 is 1.53 bits per heavy atom. The molecule has 0 spiro atoms. The normalized spacial score (nSPS) is 16.3. The third-order valence-corrected chi connectivity index (χ3v) is 2.71. The fraction of sp³-hybridized carbons (Fsp3) is 0.364. The van der Waals surface area contributed by atoms with Gasteiger partial charge in [-0.2, -0.15) is 0 Å². The Balaban J connectivity index is 2.39. The van der Waals surface area contributed by atoms with Crippen LogP contribution >= 0.6 is 0 Å². The van der Waals surface area contributed by atoms with E-state index in [0.717, 1.165) is 18.9 Å². The molecule has 1 aromatic rings. The molecule has 0 radical (unpaired) electrons. The number of aromatic carboxylic acids is 1. The van der Waals surface area contributed by atoms with Crippen LogP contribution in [0.25, 0.3) is 0 Å². The minimum absolute atomic E-state index is 0.0187. The predicted octanol–water partition coefficient (Wildman–Crippen LogP) is 2.22. The van der Waals surface area contributed by atoms with E-state index < -0.39 is 10.9 Å². The molecule has 0 aliphatic heterocycles. The van der Waals surface area contributed by atoms with Crippen molar-refractivity contribution in [3.8, 4) is 5.75 Å². The molecule has 1 aliphatic rings. The standard InChI is InChI=1S/C11H11NO5/c1-11(4-5-11)17-9-6-7(10(13)14)2-3-8(9)12(15)16/h2-3,6H,4-5H2,1H3,(H,13,14). The maximum absolute atomic E-state index is 10.8. The number of ether oxygens (including phenoxy) is 1. The van der Waals surface area contributed by atoms with Crippen LogP contribution in [0.2, 0.25) is 0 Å². The van der Waals surface area contributed by atoms with Crippen molar-refractivity contribution >= 4 is 11.7 Å². The van der Waals surface area contributed by atoms with Gasteiger partial charge in [-0.3, -0.25) is 10.1 Å². The molecule has 0 saturated heterocycles. The number of carbonyl (C=O) groups is 1. The zero-order valence-electron chi connectivity index (χ0n) is 9.17. The molecule has 0 bridgehead atoms. The second-order valence-electron chi connectivity index (χ2n) is 4.30. The van der Waals surface area contributed by atoms with Crippen LogP contribution in [0, 0.1) is 10.1 Å². The molecule has 0 aromatic heterocycles. The highest BCUT2D eigenvalue weighted by Crippen LogP contribution is 2.42. The van der Waals surface area contributed by atoms with Gasteiger partial charge in [-0.15, -0.1) is 0 Å². The van der Waals surface area contributed by atoms with E-state index in [1.54, 1.807) is 0 Å². The molecule has 6 nitrogen and oxygen atoms in total. The molecule has 0 atom stereocenters. The summed E-state index contributed by atoms with van der Waals surface area (Å²) < 4.78 is 5.49. The van der Waals surface area contributed by atoms with Gasteiger partial charge in [0, 0.05) is 12.1 Å². The zero-order chi connectivity index (χ0) is 12.6. The molecule has 0 heterocycles. The lowest BCUT2D eigenvalue weighted by Gasteiger charge is -2.13. The number of rotatable bonds is 4. The fourth-order valence-corrected chi connectivity index (χ4v) is 1.42. The summed E-state index contributed by atoms with van der Waals surface area (Å²) >= 11 is 0. The van der Waals surface area contributed by atoms with Crippen molar-refractivity contribution in [2.75, 3.05) is 0 Å². The highest BCUT2D eigenvalue weighted by molar-refractivity contribution is 5.88. The third-order valence-electron chi connectivity index (χ3n) is 2.71. The molecule has 1 N–H and O–H groups in total. The first-order valence-corrected chi connectivity index (χ1v) is 5.12. The van der Waals surface area contributed by atoms with Crippen molar-refractivity contribution in [2.45, 2.75) is 25.4 Å². The van der Waals surface area contributed by atoms with Crippen molar-refractivity contribution in [2.24, 2.45) is 0 Å². The molecular weight excluding hydrogens is 226 g/mol. The van der Waals surface area contributed by atoms with E-state index in [2.05, 4.69) is 0 Å². The first kappa shape index (κ1) is 11.4. The number of nitro groups is 1. The van der Waals surface area contributed by atoms with E-state index in [1.165, 1.54) is 12.1 Å². The summed E-state index contributed by atoms with van der Waals surface area (Å²) in [5.41, 5.74) is -0.611. The van der Waals surface area contributed by atoms with E-state index in [4.69, 9.17) is 9.84 Å². The van der Waals surface area contributed by atoms with E-state index in [9.17, 15) is 14.9 Å². The highest BCUT2D eigenvalue weighted by Gasteiger charge is 2.41. The molecule has 90 valence electrons. The molecule has 0 unspecified atom stereocenters. The number of benzene rings is 1. The second kappa shape index (κ2) is 3.73. The number of carboxylic acids is 1. The van der Waals surface area contributed by atoms with E-state index >= 15 is 0 Å². The van der Waals surface area contributed by atoms with Gasteiger partial charge >= 0.3 is 11.7 Å². The van der Waals surface area contributed by atoms with Crippen LogP contribution in [0.3, 0.4) is 0 Å². The highest BCUT2D eigenvalue weighted by atomic mass is 16.6. The quantitative estimate of drug-likeness (QED) is 0.640. The molecule has 1 fully saturated rings. The Labute approximate surface area is 97.0 Å². The minimum atomic E-state index is -1.13. The Morgan fingerprint density at radius 2 is 2.18 bits per heavy atom. The summed E-state index contributed by atoms with van der Waals surface area (Å²) in [6, 6.07) is 3.55. The number of nitrogens with zero attached hydrogens (tertiary/aromatic N) is 1. The summed E-state index contributed by atoms with van der Waals surface area (Å²) in [5.74, 6) is -1.11. The van der Waals surface area contributed by atoms with Gasteiger partial charge in [0.2, 0.25) is 0 Å². The number of carboxylic acid groups (broad SMARTS) is 1. The number of hydrogen-bond acceptors (Lipinski definition) is 4. The maximum Gasteiger partial charge on any atom is 0.335 e. The first-order chi connectivity index (χ1) is 7.91. The van der Waals surface area contributed by atoms with Crippen molar-refractivity contribution in [1.82, 2.24) is 0 Å². The van der Waals surface area contributed by atoms with Crippen molar-refractivity contribution in [3.05, 3.63) is 33.9 Å². The monoisotopic (exact) mass is 237 g/mol. The Bertz CT molecular complexity index is 493. The molecule has 0 amide bonds. The van der Waals surface area contributed by atoms with Gasteiger partial charge in [0.25, 0.3) is 0 Å². The van der Waals surface area contributed by atoms with Gasteiger partial charge < -0.3 is 9.84 Å². The van der Waals surface area contributed by atoms with Crippen LogP contribution < -0.4 is 4.74 Å². The van der Waals surface area contributed by atoms with Crippen molar-refractivity contribution < 1.29 is 19.6 Å². The largest absolute Gasteiger partial charge is 0.481 e. The Hall–Kier alpha value is -2.11. The summed E-state index contributed by atoms with van der Waals surface area (Å²) in [5, 5.41) is 19.6. The third kappa shape index (κ3) is 2.35. The van der Waals surface area contributed by atoms with Crippen LogP contribution in [-0.2, 0) is 0 Å². The van der Waals surface area contributed by atoms with Crippen LogP contribution in [-0.4, -0.2) is 21.6 Å². The molecule has 17 heavy (non-hydrogen) atoms. The number of nitro benzene ring substituents is 1. The van der Waals surface area contributed by atoms with Gasteiger partial charge in [0.1, 0.15) is 5.60 Å². The Morgan fingerprint density at radius 3 is 2.65 bits per heavy atom. The molecular formula is C11H11NO5. The van der Waals surface area contributed by atoms with Crippen LogP contribution in [0.5, 0.6) is 5.75 Å². The lowest BCUT2D eigenvalue weighted by Crippen LogP contribution is -2.13. The molecule has 6 heteroatoms. The van der Waals surface area contributed by atoms with Gasteiger partial charge in [0.15, 0.2) is 5.75 Å². The topological polar surface area (TPSA) is 89.7 Å². The van der Waals surface area contributed by atoms with Gasteiger partial charge in [0.05, 0.1) is 10.5 Å². The fourth-order valence-electron chi connectivity index (χ4n) is 1.42. The summed E-state index contributed by atoms with van der Waals surface area (Å²) in [4.78, 5) is 21.0. The van der Waals surface area contributed by atoms with Gasteiger partial charge in [-0.25, -0.2) is 4.79 Å². The van der Waals surface area contributed by atoms with Crippen molar-refractivity contribution in [3.63, 3.8) is 0 Å². The van der Waals surface area contributed by atoms with Crippen LogP contribution in [0.4, 0.5) is 5.69 Å². The van der Waals surface area contributed by atoms with Crippen LogP contribution in [0.15, 0.2) is 18.2 Å². The summed E-state index contributed by atoms with van der Waals surface area (Å²) in [7, 11) is 0. The number of hydrogen-bond donors (Lipinski definition) is 1. The van der Waals surface area contributed by atoms with Crippen molar-refractivity contribution in [1.29, 1.82) is 0 Å². The Kier molecular flexibility index (Phi) is 2.49. The molecule has 1 saturated carbocycles. The average Bonchev–Trinajstić information content (AvgIpc) is 2.95. The summed E-state index contributed by atoms with van der Waals surface area (Å²) in [6.45, 7) is 1.84. The zero-order valence-corrected chi connectivity index (χ0v) is 9.17. The smallest absolute Gasteiger partial charge is 0.335 e. The molecule has 1 aromatic carbocycles. The lowest BCUT2D eigenvalue weighted by molar-refractivity contribution is -0.386. The van der Waals surface area contributed by atoms with E-state index in [-0.39, 0.29) is 22.6 Å². The second-order valence-corrected chi connectivity index (χ2v) is 4.30. The summed E-state index contributed by atoms with van der Waals surface area (Å²) in [6.07, 6.45) is 1.64. The van der Waals surface area contributed by atoms with Crippen LogP contribution in [0.1, 0.15) is 30.1 Å². The lowest BCUT2D eigenvalue weighted by atomic mass is 10.2. The molecule has 2 rings (SSSR count). The average molecular weight is 237 g/mol. The van der Waals surface area contributed by atoms with Gasteiger partial charge in [-0.05, 0) is 25.8 Å². The minimum Gasteiger partial charge on any atom is -0.481 e. The SMILES string of the molecule is CC1(Oc2cc(C(=O)O)ccc2[N+](=O)[O-])CC1. The first-order valence-electron chi connectivity index (χ1n) is 5.12. The molecule has 1 aliphatic carbocycles.